The number of carbonyl (C=O) groups excluding carboxylic acids is 2. The molecule has 0 spiro atoms. The SMILES string of the molecule is C=C/C(O)=C(O)\C=C\CC(OC(=O)/C=C\C1=C/C[C@H](C(=C)/C=C\C(O)=C\O)OC=C(O)C=C1)C(=O)O.CO.O=COC(Cc1cccc(O)c1)C(=O)O. The zero-order valence-electron chi connectivity index (χ0n) is 28.5. The van der Waals surface area contributed by atoms with Gasteiger partial charge in [-0.25, -0.2) is 14.4 Å². The van der Waals surface area contributed by atoms with E-state index in [-0.39, 0.29) is 37.2 Å². The van der Waals surface area contributed by atoms with Crippen LogP contribution in [0.25, 0.3) is 0 Å². The van der Waals surface area contributed by atoms with Gasteiger partial charge in [-0.05, 0) is 59.2 Å². The number of hydrogen-bond donors (Lipinski definition) is 9. The van der Waals surface area contributed by atoms with Gasteiger partial charge in [0.1, 0.15) is 35.9 Å². The molecule has 1 aliphatic heterocycles. The highest BCUT2D eigenvalue weighted by Gasteiger charge is 2.20. The summed E-state index contributed by atoms with van der Waals surface area (Å²) in [6.07, 6.45) is 10.9. The van der Waals surface area contributed by atoms with Gasteiger partial charge in [-0.3, -0.25) is 4.79 Å². The fourth-order valence-electron chi connectivity index (χ4n) is 3.64. The largest absolute Gasteiger partial charge is 0.512 e. The Morgan fingerprint density at radius 3 is 2.23 bits per heavy atom. The highest BCUT2D eigenvalue weighted by atomic mass is 16.6. The minimum absolute atomic E-state index is 0.0302. The number of rotatable bonds is 16. The number of benzene rings is 1. The molecule has 16 nitrogen and oxygen atoms in total. The maximum absolute atomic E-state index is 12.2. The summed E-state index contributed by atoms with van der Waals surface area (Å²) in [6, 6.07) is 6.12. The smallest absolute Gasteiger partial charge is 0.345 e. The number of allylic oxidation sites excluding steroid dienone is 7. The van der Waals surface area contributed by atoms with Crippen LogP contribution in [0.4, 0.5) is 0 Å². The minimum Gasteiger partial charge on any atom is -0.512 e. The molecule has 53 heavy (non-hydrogen) atoms. The average molecular weight is 743 g/mol. The first-order chi connectivity index (χ1) is 25.2. The summed E-state index contributed by atoms with van der Waals surface area (Å²) in [5.41, 5.74) is 1.45. The second-order valence-electron chi connectivity index (χ2n) is 10.0. The molecular formula is C37H42O16. The summed E-state index contributed by atoms with van der Waals surface area (Å²) in [6.45, 7) is 7.20. The highest BCUT2D eigenvalue weighted by molar-refractivity contribution is 5.85. The van der Waals surface area contributed by atoms with Crippen molar-refractivity contribution in [2.75, 3.05) is 7.11 Å². The molecule has 286 valence electrons. The van der Waals surface area contributed by atoms with E-state index in [1.165, 1.54) is 48.6 Å². The van der Waals surface area contributed by atoms with Crippen LogP contribution in [0, 0.1) is 0 Å². The van der Waals surface area contributed by atoms with E-state index in [0.717, 1.165) is 31.6 Å². The van der Waals surface area contributed by atoms with E-state index in [0.29, 0.717) is 23.0 Å². The van der Waals surface area contributed by atoms with Crippen LogP contribution in [0.15, 0.2) is 145 Å². The molecule has 0 saturated carbocycles. The van der Waals surface area contributed by atoms with Crippen LogP contribution >= 0.6 is 0 Å². The van der Waals surface area contributed by atoms with Crippen molar-refractivity contribution < 1.29 is 79.3 Å². The summed E-state index contributed by atoms with van der Waals surface area (Å²) in [5.74, 6) is -5.19. The zero-order valence-corrected chi connectivity index (χ0v) is 28.5. The van der Waals surface area contributed by atoms with E-state index in [2.05, 4.69) is 17.9 Å². The van der Waals surface area contributed by atoms with Gasteiger partial charge in [-0.2, -0.15) is 0 Å². The zero-order chi connectivity index (χ0) is 40.3. The molecule has 9 N–H and O–H groups in total. The Labute approximate surface area is 304 Å². The molecule has 0 fully saturated rings. The normalized spacial score (nSPS) is 16.9. The summed E-state index contributed by atoms with van der Waals surface area (Å²) in [5, 5.41) is 80.9. The number of carbonyl (C=O) groups is 4. The van der Waals surface area contributed by atoms with Crippen molar-refractivity contribution in [3.05, 3.63) is 150 Å². The van der Waals surface area contributed by atoms with Crippen LogP contribution in [0.1, 0.15) is 18.4 Å². The lowest BCUT2D eigenvalue weighted by Gasteiger charge is -2.15. The van der Waals surface area contributed by atoms with Gasteiger partial charge in [-0.15, -0.1) is 0 Å². The fourth-order valence-corrected chi connectivity index (χ4v) is 3.64. The number of carboxylic acids is 2. The van der Waals surface area contributed by atoms with E-state index in [4.69, 9.17) is 29.9 Å². The fraction of sp³-hybridized carbons (Fsp3) is 0.189. The van der Waals surface area contributed by atoms with E-state index in [1.54, 1.807) is 18.2 Å². The standard InChI is InChI=1S/C26H28O10.C10H10O5.CH4O/c1-3-21(30)22(31)5-4-6-24(26(33)34)36-25(32)14-10-18-8-12-20(29)16-35-23(13-9-18)17(2)7-11-19(28)15-27;11-6-15-9(10(13)14)5-7-2-1-3-8(12)4-7;1-2/h3-5,7-12,14-16,23-24,27-31H,1-2,6,13H2,(H,33,34);1-4,6,9,12H,5H2,(H,13,14);2H,1H3/b5-4+,11-7-,12-8?,14-10-,18-9-,19-15-,20-16?,22-21-;;/t23-,24?;;/m1../s1. The van der Waals surface area contributed by atoms with E-state index >= 15 is 0 Å². The van der Waals surface area contributed by atoms with Gasteiger partial charge < -0.3 is 60.2 Å². The second-order valence-corrected chi connectivity index (χ2v) is 10.0. The lowest BCUT2D eigenvalue weighted by molar-refractivity contribution is -0.160. The summed E-state index contributed by atoms with van der Waals surface area (Å²) in [7, 11) is 1.00. The first kappa shape index (κ1) is 46.1. The van der Waals surface area contributed by atoms with Crippen molar-refractivity contribution in [2.24, 2.45) is 0 Å². The summed E-state index contributed by atoms with van der Waals surface area (Å²) in [4.78, 5) is 44.2. The number of phenols is 1. The van der Waals surface area contributed by atoms with Crippen molar-refractivity contribution in [3.63, 3.8) is 0 Å². The van der Waals surface area contributed by atoms with E-state index in [1.807, 2.05) is 0 Å². The Morgan fingerprint density at radius 1 is 0.962 bits per heavy atom. The molecule has 3 atom stereocenters. The molecule has 1 aromatic carbocycles. The van der Waals surface area contributed by atoms with Crippen LogP contribution in [-0.4, -0.2) is 95.8 Å². The van der Waals surface area contributed by atoms with Crippen molar-refractivity contribution >= 4 is 24.4 Å². The Hall–Kier alpha value is -6.94. The van der Waals surface area contributed by atoms with Gasteiger partial charge in [0.25, 0.3) is 6.47 Å². The molecule has 0 amide bonds. The maximum Gasteiger partial charge on any atom is 0.345 e. The van der Waals surface area contributed by atoms with Gasteiger partial charge in [-0.1, -0.05) is 49.6 Å². The Balaban J connectivity index is 0.00000132. The number of esters is 1. The number of aliphatic carboxylic acids is 2. The number of hydrogen-bond acceptors (Lipinski definition) is 14. The third kappa shape index (κ3) is 19.7. The van der Waals surface area contributed by atoms with Crippen molar-refractivity contribution in [3.8, 4) is 5.75 Å². The monoisotopic (exact) mass is 742 g/mol. The maximum atomic E-state index is 12.2. The molecule has 2 unspecified atom stereocenters. The molecule has 0 aliphatic carbocycles. The number of carboxylic acid groups (broad SMARTS) is 2. The summed E-state index contributed by atoms with van der Waals surface area (Å²) >= 11 is 0. The first-order valence-corrected chi connectivity index (χ1v) is 15.1. The highest BCUT2D eigenvalue weighted by Crippen LogP contribution is 2.18. The third-order valence-corrected chi connectivity index (χ3v) is 6.24. The van der Waals surface area contributed by atoms with Crippen LogP contribution in [-0.2, 0) is 39.8 Å². The van der Waals surface area contributed by atoms with Gasteiger partial charge in [0, 0.05) is 32.4 Å². The van der Waals surface area contributed by atoms with Crippen LogP contribution < -0.4 is 0 Å². The van der Waals surface area contributed by atoms with Gasteiger partial charge in [0.05, 0.1) is 0 Å². The van der Waals surface area contributed by atoms with Crippen LogP contribution in [0.3, 0.4) is 0 Å². The van der Waals surface area contributed by atoms with Crippen LogP contribution in [0.2, 0.25) is 0 Å². The number of aromatic hydroxyl groups is 1. The van der Waals surface area contributed by atoms with Crippen molar-refractivity contribution in [1.29, 1.82) is 0 Å². The minimum atomic E-state index is -1.55. The predicted molar refractivity (Wildman–Crippen MR) is 190 cm³/mol. The first-order valence-electron chi connectivity index (χ1n) is 15.1. The molecular weight excluding hydrogens is 700 g/mol. The Bertz CT molecular complexity index is 1660. The number of aliphatic hydroxyl groups is 6. The molecule has 1 aliphatic rings. The van der Waals surface area contributed by atoms with Gasteiger partial charge in [0.15, 0.2) is 11.5 Å². The topological polar surface area (TPSA) is 278 Å². The molecule has 0 saturated heterocycles. The number of phenolic OH excluding ortho intramolecular Hbond substituents is 1. The van der Waals surface area contributed by atoms with Crippen molar-refractivity contribution in [2.45, 2.75) is 37.6 Å². The Morgan fingerprint density at radius 2 is 1.64 bits per heavy atom. The number of aliphatic hydroxyl groups excluding tert-OH is 6. The van der Waals surface area contributed by atoms with Crippen molar-refractivity contribution in [1.82, 2.24) is 0 Å². The number of ether oxygens (including phenoxy) is 3. The van der Waals surface area contributed by atoms with E-state index in [9.17, 15) is 44.7 Å². The van der Waals surface area contributed by atoms with Gasteiger partial charge in [0.2, 0.25) is 12.2 Å². The summed E-state index contributed by atoms with van der Waals surface area (Å²) < 4.78 is 14.8. The van der Waals surface area contributed by atoms with Gasteiger partial charge >= 0.3 is 17.9 Å². The molecule has 1 heterocycles. The molecule has 2 rings (SSSR count). The lowest BCUT2D eigenvalue weighted by atomic mass is 10.1. The molecule has 0 radical (unpaired) electrons. The van der Waals surface area contributed by atoms with Crippen LogP contribution in [0.5, 0.6) is 5.75 Å². The molecule has 16 heteroatoms. The second kappa shape index (κ2) is 25.9. The molecule has 1 aromatic rings. The Kier molecular flexibility index (Phi) is 22.6. The lowest BCUT2D eigenvalue weighted by Crippen LogP contribution is -2.25. The van der Waals surface area contributed by atoms with E-state index < -0.39 is 53.5 Å². The third-order valence-electron chi connectivity index (χ3n) is 6.24. The molecule has 0 bridgehead atoms. The quantitative estimate of drug-likeness (QED) is 0.0358. The predicted octanol–water partition coefficient (Wildman–Crippen LogP) is 4.91. The average Bonchev–Trinajstić information content (AvgIpc) is 3.23. The molecule has 0 aromatic heterocycles.